The summed E-state index contributed by atoms with van der Waals surface area (Å²) in [5, 5.41) is 4.18. The van der Waals surface area contributed by atoms with Gasteiger partial charge in [0.25, 0.3) is 10.0 Å². The Kier molecular flexibility index (Phi) is 4.43. The van der Waals surface area contributed by atoms with Crippen molar-refractivity contribution in [3.05, 3.63) is 65.7 Å². The Morgan fingerprint density at radius 1 is 1.00 bits per heavy atom. The lowest BCUT2D eigenvalue weighted by Gasteiger charge is -2.15. The molecular weight excluding hydrogens is 284 g/mol. The van der Waals surface area contributed by atoms with Crippen molar-refractivity contribution in [2.45, 2.75) is 18.7 Å². The molecule has 2 rings (SSSR count). The first-order chi connectivity index (χ1) is 9.91. The van der Waals surface area contributed by atoms with E-state index in [1.807, 2.05) is 37.3 Å². The molecule has 0 heterocycles. The van der Waals surface area contributed by atoms with Gasteiger partial charge in [-0.3, -0.25) is 0 Å². The molecule has 4 nitrogen and oxygen atoms in total. The van der Waals surface area contributed by atoms with E-state index in [0.29, 0.717) is 5.71 Å². The van der Waals surface area contributed by atoms with Crippen LogP contribution in [0.1, 0.15) is 18.1 Å². The molecule has 0 fully saturated rings. The summed E-state index contributed by atoms with van der Waals surface area (Å²) < 4.78 is 25.9. The molecule has 0 aliphatic heterocycles. The molecule has 0 amide bonds. The number of hydrogen-bond donors (Lipinski definition) is 0. The fraction of sp³-hybridized carbons (Fsp3) is 0.188. The first kappa shape index (κ1) is 15.3. The van der Waals surface area contributed by atoms with Crippen molar-refractivity contribution in [1.82, 2.24) is 4.41 Å². The summed E-state index contributed by atoms with van der Waals surface area (Å²) >= 11 is 0. The topological polar surface area (TPSA) is 49.7 Å². The minimum absolute atomic E-state index is 0.236. The van der Waals surface area contributed by atoms with Crippen molar-refractivity contribution in [2.75, 3.05) is 7.05 Å². The van der Waals surface area contributed by atoms with Gasteiger partial charge in [-0.2, -0.15) is 17.9 Å². The van der Waals surface area contributed by atoms with E-state index >= 15 is 0 Å². The second-order valence-electron chi connectivity index (χ2n) is 4.80. The van der Waals surface area contributed by atoms with Gasteiger partial charge in [-0.15, -0.1) is 0 Å². The summed E-state index contributed by atoms with van der Waals surface area (Å²) in [6, 6.07) is 16.2. The molecule has 0 aliphatic rings. The van der Waals surface area contributed by atoms with Crippen LogP contribution in [0.15, 0.2) is 64.6 Å². The zero-order valence-electron chi connectivity index (χ0n) is 12.3. The van der Waals surface area contributed by atoms with E-state index in [9.17, 15) is 8.42 Å². The third-order valence-corrected chi connectivity index (χ3v) is 4.79. The van der Waals surface area contributed by atoms with Gasteiger partial charge >= 0.3 is 0 Å². The van der Waals surface area contributed by atoms with Gasteiger partial charge in [0.2, 0.25) is 0 Å². The number of sulfonamides is 1. The predicted octanol–water partition coefficient (Wildman–Crippen LogP) is 3.04. The SMILES string of the molecule is C/C(=N/N(C)S(=O)(=O)c1ccc(C)cc1)c1ccccc1. The van der Waals surface area contributed by atoms with Crippen LogP contribution in [0.5, 0.6) is 0 Å². The summed E-state index contributed by atoms with van der Waals surface area (Å²) in [5.74, 6) is 0. The fourth-order valence-electron chi connectivity index (χ4n) is 1.86. The summed E-state index contributed by atoms with van der Waals surface area (Å²) in [4.78, 5) is 0.236. The van der Waals surface area contributed by atoms with Gasteiger partial charge in [-0.05, 0) is 31.5 Å². The van der Waals surface area contributed by atoms with E-state index in [1.165, 1.54) is 7.05 Å². The van der Waals surface area contributed by atoms with Gasteiger partial charge in [-0.25, -0.2) is 0 Å². The van der Waals surface area contributed by atoms with Gasteiger partial charge in [0.15, 0.2) is 0 Å². The molecule has 0 bridgehead atoms. The zero-order chi connectivity index (χ0) is 15.5. The van der Waals surface area contributed by atoms with Gasteiger partial charge in [0.05, 0.1) is 10.6 Å². The molecule has 0 spiro atoms. The number of hydrazone groups is 1. The highest BCUT2D eigenvalue weighted by Crippen LogP contribution is 2.16. The van der Waals surface area contributed by atoms with Crippen LogP contribution in [0.3, 0.4) is 0 Å². The van der Waals surface area contributed by atoms with Crippen molar-refractivity contribution in [1.29, 1.82) is 0 Å². The highest BCUT2D eigenvalue weighted by molar-refractivity contribution is 7.89. The Morgan fingerprint density at radius 2 is 1.57 bits per heavy atom. The number of nitrogens with zero attached hydrogens (tertiary/aromatic N) is 2. The quantitative estimate of drug-likeness (QED) is 0.644. The maximum atomic E-state index is 12.4. The molecule has 0 unspecified atom stereocenters. The second kappa shape index (κ2) is 6.10. The lowest BCUT2D eigenvalue weighted by molar-refractivity contribution is 0.489. The van der Waals surface area contributed by atoms with Crippen LogP contribution in [0, 0.1) is 6.92 Å². The van der Waals surface area contributed by atoms with Gasteiger partial charge in [0.1, 0.15) is 0 Å². The van der Waals surface area contributed by atoms with E-state index in [0.717, 1.165) is 15.5 Å². The van der Waals surface area contributed by atoms with Crippen LogP contribution in [-0.2, 0) is 10.0 Å². The third-order valence-electron chi connectivity index (χ3n) is 3.15. The summed E-state index contributed by atoms with van der Waals surface area (Å²) in [7, 11) is -2.17. The maximum absolute atomic E-state index is 12.4. The standard InChI is InChI=1S/C16H18N2O2S/c1-13-9-11-16(12-10-13)21(19,20)18(3)17-14(2)15-7-5-4-6-8-15/h4-12H,1-3H3/b17-14-. The first-order valence-corrected chi connectivity index (χ1v) is 8.01. The minimum Gasteiger partial charge on any atom is -0.200 e. The third kappa shape index (κ3) is 3.49. The monoisotopic (exact) mass is 302 g/mol. The molecule has 5 heteroatoms. The van der Waals surface area contributed by atoms with Crippen LogP contribution in [0.4, 0.5) is 0 Å². The molecule has 0 saturated heterocycles. The predicted molar refractivity (Wildman–Crippen MR) is 84.8 cm³/mol. The molecule has 2 aromatic rings. The van der Waals surface area contributed by atoms with Crippen LogP contribution in [-0.4, -0.2) is 25.6 Å². The van der Waals surface area contributed by atoms with Crippen LogP contribution < -0.4 is 0 Å². The van der Waals surface area contributed by atoms with Crippen LogP contribution in [0.2, 0.25) is 0 Å². The lowest BCUT2D eigenvalue weighted by Crippen LogP contribution is -2.23. The zero-order valence-corrected chi connectivity index (χ0v) is 13.1. The van der Waals surface area contributed by atoms with Crippen LogP contribution >= 0.6 is 0 Å². The molecule has 110 valence electrons. The molecule has 21 heavy (non-hydrogen) atoms. The molecular formula is C16H18N2O2S. The molecule has 2 aromatic carbocycles. The number of aryl methyl sites for hydroxylation is 1. The Balaban J connectivity index is 2.31. The number of hydrogen-bond acceptors (Lipinski definition) is 3. The maximum Gasteiger partial charge on any atom is 0.278 e. The van der Waals surface area contributed by atoms with Crippen molar-refractivity contribution >= 4 is 15.7 Å². The van der Waals surface area contributed by atoms with Gasteiger partial charge in [-0.1, -0.05) is 48.0 Å². The summed E-state index contributed by atoms with van der Waals surface area (Å²) in [6.45, 7) is 3.70. The molecule has 0 aliphatic carbocycles. The normalized spacial score (nSPS) is 12.2. The molecule has 0 saturated carbocycles. The lowest BCUT2D eigenvalue weighted by atomic mass is 10.1. The van der Waals surface area contributed by atoms with E-state index in [-0.39, 0.29) is 4.90 Å². The van der Waals surface area contributed by atoms with E-state index in [4.69, 9.17) is 0 Å². The smallest absolute Gasteiger partial charge is 0.200 e. The summed E-state index contributed by atoms with van der Waals surface area (Å²) in [6.07, 6.45) is 0. The minimum atomic E-state index is -3.61. The number of rotatable bonds is 4. The molecule has 0 atom stereocenters. The summed E-state index contributed by atoms with van der Waals surface area (Å²) in [5.41, 5.74) is 2.55. The Bertz CT molecular complexity index is 736. The molecule has 0 radical (unpaired) electrons. The fourth-order valence-corrected chi connectivity index (χ4v) is 2.88. The average Bonchev–Trinajstić information content (AvgIpc) is 2.48. The Hall–Kier alpha value is -2.14. The van der Waals surface area contributed by atoms with Crippen molar-refractivity contribution in [3.63, 3.8) is 0 Å². The van der Waals surface area contributed by atoms with Gasteiger partial charge < -0.3 is 0 Å². The van der Waals surface area contributed by atoms with Crippen LogP contribution in [0.25, 0.3) is 0 Å². The molecule has 0 N–H and O–H groups in total. The highest BCUT2D eigenvalue weighted by Gasteiger charge is 2.19. The Morgan fingerprint density at radius 3 is 2.14 bits per heavy atom. The van der Waals surface area contributed by atoms with Gasteiger partial charge in [0, 0.05) is 7.05 Å². The highest BCUT2D eigenvalue weighted by atomic mass is 32.2. The second-order valence-corrected chi connectivity index (χ2v) is 6.75. The van der Waals surface area contributed by atoms with E-state index in [1.54, 1.807) is 31.2 Å². The van der Waals surface area contributed by atoms with Crippen molar-refractivity contribution in [3.8, 4) is 0 Å². The van der Waals surface area contributed by atoms with Crippen molar-refractivity contribution < 1.29 is 8.42 Å². The molecule has 0 aromatic heterocycles. The largest absolute Gasteiger partial charge is 0.278 e. The number of benzene rings is 2. The van der Waals surface area contributed by atoms with E-state index < -0.39 is 10.0 Å². The first-order valence-electron chi connectivity index (χ1n) is 6.57. The van der Waals surface area contributed by atoms with E-state index in [2.05, 4.69) is 5.10 Å². The Labute approximate surface area is 125 Å². The average molecular weight is 302 g/mol. The van der Waals surface area contributed by atoms with Crippen molar-refractivity contribution in [2.24, 2.45) is 5.10 Å².